The molecule has 0 aliphatic carbocycles. The van der Waals surface area contributed by atoms with E-state index in [1.165, 1.54) is 0 Å². The summed E-state index contributed by atoms with van der Waals surface area (Å²) in [6, 6.07) is 5.59. The number of aromatic nitrogens is 4. The second-order valence-corrected chi connectivity index (χ2v) is 6.41. The number of pyridine rings is 2. The molecule has 0 amide bonds. The van der Waals surface area contributed by atoms with Crippen LogP contribution in [0.25, 0.3) is 11.4 Å². The van der Waals surface area contributed by atoms with E-state index in [1.54, 1.807) is 24.8 Å². The van der Waals surface area contributed by atoms with Crippen molar-refractivity contribution in [1.29, 1.82) is 0 Å². The first kappa shape index (κ1) is 15.9. The smallest absolute Gasteiger partial charge is 0.255 e. The summed E-state index contributed by atoms with van der Waals surface area (Å²) < 4.78 is 0. The lowest BCUT2D eigenvalue weighted by Gasteiger charge is -2.28. The highest BCUT2D eigenvalue weighted by molar-refractivity contribution is 6.31. The van der Waals surface area contributed by atoms with Crippen LogP contribution in [0.15, 0.2) is 47.8 Å². The molecule has 7 heteroatoms. The van der Waals surface area contributed by atoms with Gasteiger partial charge in [0.25, 0.3) is 5.56 Å². The van der Waals surface area contributed by atoms with E-state index in [4.69, 9.17) is 11.6 Å². The van der Waals surface area contributed by atoms with Crippen LogP contribution in [0.1, 0.15) is 16.8 Å². The van der Waals surface area contributed by atoms with Crippen LogP contribution in [-0.2, 0) is 19.5 Å². The molecule has 25 heavy (non-hydrogen) atoms. The van der Waals surface area contributed by atoms with E-state index in [0.717, 1.165) is 35.3 Å². The summed E-state index contributed by atoms with van der Waals surface area (Å²) in [4.78, 5) is 30.3. The molecule has 0 unspecified atom stereocenters. The summed E-state index contributed by atoms with van der Waals surface area (Å²) in [5.41, 5.74) is 3.39. The van der Waals surface area contributed by atoms with E-state index in [1.807, 2.05) is 18.2 Å². The molecule has 1 aliphatic rings. The number of aromatic amines is 1. The van der Waals surface area contributed by atoms with Gasteiger partial charge in [-0.3, -0.25) is 19.7 Å². The minimum atomic E-state index is -0.0812. The number of nitrogens with one attached hydrogen (secondary N) is 1. The van der Waals surface area contributed by atoms with Crippen molar-refractivity contribution in [3.8, 4) is 11.4 Å². The van der Waals surface area contributed by atoms with Crippen LogP contribution in [-0.4, -0.2) is 31.4 Å². The van der Waals surface area contributed by atoms with Crippen molar-refractivity contribution in [2.24, 2.45) is 0 Å². The van der Waals surface area contributed by atoms with Gasteiger partial charge in [-0.15, -0.1) is 0 Å². The fraction of sp³-hybridized carbons (Fsp3) is 0.222. The number of fused-ring (bicyclic) bond motifs is 1. The molecule has 0 saturated carbocycles. The highest BCUT2D eigenvalue weighted by Crippen LogP contribution is 2.21. The first-order valence-electron chi connectivity index (χ1n) is 8.04. The van der Waals surface area contributed by atoms with Gasteiger partial charge in [0.05, 0.1) is 16.3 Å². The van der Waals surface area contributed by atoms with Gasteiger partial charge < -0.3 is 4.98 Å². The Morgan fingerprint density at radius 3 is 2.76 bits per heavy atom. The zero-order chi connectivity index (χ0) is 17.2. The second-order valence-electron chi connectivity index (χ2n) is 6.00. The lowest BCUT2D eigenvalue weighted by Crippen LogP contribution is -2.35. The Morgan fingerprint density at radius 1 is 1.16 bits per heavy atom. The number of halogens is 1. The van der Waals surface area contributed by atoms with Crippen LogP contribution < -0.4 is 5.56 Å². The van der Waals surface area contributed by atoms with E-state index in [2.05, 4.69) is 24.8 Å². The third-order valence-corrected chi connectivity index (χ3v) is 4.69. The summed E-state index contributed by atoms with van der Waals surface area (Å²) in [7, 11) is 0. The minimum Gasteiger partial charge on any atom is -0.306 e. The molecule has 0 atom stereocenters. The molecule has 3 aromatic heterocycles. The Morgan fingerprint density at radius 2 is 1.96 bits per heavy atom. The molecule has 0 aromatic carbocycles. The third-order valence-electron chi connectivity index (χ3n) is 4.35. The van der Waals surface area contributed by atoms with Gasteiger partial charge in [-0.05, 0) is 23.8 Å². The standard InChI is InChI=1S/C18H16ClN5O/c19-15-9-21-7-3-13(15)10-24-8-4-16-14(11-24)18(25)23-17(22-16)12-1-5-20-6-2-12/h1-3,5-7,9H,4,8,10-11H2,(H,22,23,25). The fourth-order valence-corrected chi connectivity index (χ4v) is 3.21. The van der Waals surface area contributed by atoms with E-state index >= 15 is 0 Å². The Balaban J connectivity index is 1.60. The Bertz CT molecular complexity index is 957. The van der Waals surface area contributed by atoms with Crippen molar-refractivity contribution in [2.75, 3.05) is 6.54 Å². The van der Waals surface area contributed by atoms with E-state index in [-0.39, 0.29) is 5.56 Å². The first-order valence-corrected chi connectivity index (χ1v) is 8.42. The molecule has 0 fully saturated rings. The van der Waals surface area contributed by atoms with Gasteiger partial charge in [0.15, 0.2) is 0 Å². The highest BCUT2D eigenvalue weighted by Gasteiger charge is 2.22. The maximum atomic E-state index is 12.5. The van der Waals surface area contributed by atoms with Crippen LogP contribution in [0, 0.1) is 0 Å². The van der Waals surface area contributed by atoms with Crippen molar-refractivity contribution in [1.82, 2.24) is 24.8 Å². The molecule has 0 saturated heterocycles. The predicted molar refractivity (Wildman–Crippen MR) is 95.2 cm³/mol. The van der Waals surface area contributed by atoms with Gasteiger partial charge in [0, 0.05) is 56.4 Å². The average Bonchev–Trinajstić information content (AvgIpc) is 2.65. The molecular formula is C18H16ClN5O. The van der Waals surface area contributed by atoms with Gasteiger partial charge in [0.1, 0.15) is 5.82 Å². The molecule has 0 bridgehead atoms. The van der Waals surface area contributed by atoms with Gasteiger partial charge in [-0.1, -0.05) is 11.6 Å². The van der Waals surface area contributed by atoms with E-state index < -0.39 is 0 Å². The quantitative estimate of drug-likeness (QED) is 0.782. The van der Waals surface area contributed by atoms with Crippen molar-refractivity contribution >= 4 is 11.6 Å². The Kier molecular flexibility index (Phi) is 4.29. The molecule has 0 radical (unpaired) electrons. The zero-order valence-electron chi connectivity index (χ0n) is 13.4. The lowest BCUT2D eigenvalue weighted by atomic mass is 10.1. The molecule has 1 N–H and O–H groups in total. The molecule has 6 nitrogen and oxygen atoms in total. The van der Waals surface area contributed by atoms with Crippen LogP contribution in [0.4, 0.5) is 0 Å². The fourth-order valence-electron chi connectivity index (χ4n) is 3.04. The molecule has 3 aromatic rings. The van der Waals surface area contributed by atoms with Crippen LogP contribution in [0.3, 0.4) is 0 Å². The Labute approximate surface area is 149 Å². The monoisotopic (exact) mass is 353 g/mol. The number of rotatable bonds is 3. The molecule has 4 heterocycles. The first-order chi connectivity index (χ1) is 12.2. The molecule has 126 valence electrons. The molecule has 0 spiro atoms. The summed E-state index contributed by atoms with van der Waals surface area (Å²) >= 11 is 6.19. The summed E-state index contributed by atoms with van der Waals surface area (Å²) in [6.07, 6.45) is 7.49. The Hall–Kier alpha value is -2.57. The largest absolute Gasteiger partial charge is 0.306 e. The van der Waals surface area contributed by atoms with E-state index in [0.29, 0.717) is 23.9 Å². The summed E-state index contributed by atoms with van der Waals surface area (Å²) in [6.45, 7) is 2.08. The topological polar surface area (TPSA) is 74.8 Å². The maximum absolute atomic E-state index is 12.5. The number of hydrogen-bond donors (Lipinski definition) is 1. The third kappa shape index (κ3) is 3.31. The molecule has 4 rings (SSSR count). The number of H-pyrrole nitrogens is 1. The van der Waals surface area contributed by atoms with Crippen molar-refractivity contribution in [3.63, 3.8) is 0 Å². The van der Waals surface area contributed by atoms with Crippen LogP contribution in [0.5, 0.6) is 0 Å². The highest BCUT2D eigenvalue weighted by atomic mass is 35.5. The van der Waals surface area contributed by atoms with E-state index in [9.17, 15) is 4.79 Å². The van der Waals surface area contributed by atoms with Crippen LogP contribution >= 0.6 is 11.6 Å². The van der Waals surface area contributed by atoms with Gasteiger partial charge in [0.2, 0.25) is 0 Å². The summed E-state index contributed by atoms with van der Waals surface area (Å²) in [5, 5.41) is 0.647. The van der Waals surface area contributed by atoms with Crippen molar-refractivity contribution in [2.45, 2.75) is 19.5 Å². The van der Waals surface area contributed by atoms with Crippen molar-refractivity contribution in [3.05, 3.63) is 75.2 Å². The normalized spacial score (nSPS) is 14.3. The van der Waals surface area contributed by atoms with Crippen molar-refractivity contribution < 1.29 is 0 Å². The molecular weight excluding hydrogens is 338 g/mol. The number of hydrogen-bond acceptors (Lipinski definition) is 5. The maximum Gasteiger partial charge on any atom is 0.255 e. The van der Waals surface area contributed by atoms with Gasteiger partial charge >= 0.3 is 0 Å². The summed E-state index contributed by atoms with van der Waals surface area (Å²) in [5.74, 6) is 0.594. The van der Waals surface area contributed by atoms with Gasteiger partial charge in [-0.2, -0.15) is 0 Å². The second kappa shape index (κ2) is 6.74. The SMILES string of the molecule is O=c1[nH]c(-c2ccncc2)nc2c1CN(Cc1ccncc1Cl)CC2. The zero-order valence-corrected chi connectivity index (χ0v) is 14.2. The van der Waals surface area contributed by atoms with Gasteiger partial charge in [-0.25, -0.2) is 4.98 Å². The lowest BCUT2D eigenvalue weighted by molar-refractivity contribution is 0.242. The number of nitrogens with zero attached hydrogens (tertiary/aromatic N) is 4. The average molecular weight is 354 g/mol. The predicted octanol–water partition coefficient (Wildman–Crippen LogP) is 2.44. The molecule has 1 aliphatic heterocycles. The minimum absolute atomic E-state index is 0.0812. The van der Waals surface area contributed by atoms with Crippen LogP contribution in [0.2, 0.25) is 5.02 Å².